The molecule has 0 spiro atoms. The number of anilines is 1. The van der Waals surface area contributed by atoms with E-state index in [4.69, 9.17) is 0 Å². The molecule has 5 heteroatoms. The molecule has 2 aromatic heterocycles. The Morgan fingerprint density at radius 2 is 1.86 bits per heavy atom. The van der Waals surface area contributed by atoms with Crippen molar-refractivity contribution in [3.8, 4) is 0 Å². The molecular formula is C17H16N4O. The minimum atomic E-state index is 0.0323. The van der Waals surface area contributed by atoms with E-state index in [-0.39, 0.29) is 5.78 Å². The van der Waals surface area contributed by atoms with Crippen molar-refractivity contribution in [1.29, 1.82) is 0 Å². The van der Waals surface area contributed by atoms with E-state index < -0.39 is 0 Å². The fourth-order valence-corrected chi connectivity index (χ4v) is 2.31. The van der Waals surface area contributed by atoms with Gasteiger partial charge >= 0.3 is 0 Å². The van der Waals surface area contributed by atoms with Gasteiger partial charge in [0.1, 0.15) is 5.82 Å². The van der Waals surface area contributed by atoms with Crippen molar-refractivity contribution in [2.24, 2.45) is 0 Å². The summed E-state index contributed by atoms with van der Waals surface area (Å²) >= 11 is 0. The summed E-state index contributed by atoms with van der Waals surface area (Å²) in [5, 5.41) is 3.21. The van der Waals surface area contributed by atoms with E-state index in [2.05, 4.69) is 20.3 Å². The van der Waals surface area contributed by atoms with Crippen molar-refractivity contribution in [2.45, 2.75) is 20.4 Å². The van der Waals surface area contributed by atoms with Crippen molar-refractivity contribution >= 4 is 22.6 Å². The number of Topliss-reactive ketones (excluding diaryl/α,β-unsaturated/α-hetero) is 1. The maximum Gasteiger partial charge on any atom is 0.161 e. The van der Waals surface area contributed by atoms with Crippen molar-refractivity contribution in [3.05, 3.63) is 59.5 Å². The summed E-state index contributed by atoms with van der Waals surface area (Å²) in [5.74, 6) is 0.735. The van der Waals surface area contributed by atoms with E-state index in [0.717, 1.165) is 22.4 Å². The highest BCUT2D eigenvalue weighted by atomic mass is 16.1. The topological polar surface area (TPSA) is 67.8 Å². The van der Waals surface area contributed by atoms with Gasteiger partial charge in [-0.05, 0) is 38.1 Å². The highest BCUT2D eigenvalue weighted by Crippen LogP contribution is 2.13. The first-order valence-electron chi connectivity index (χ1n) is 7.06. The molecule has 0 aliphatic heterocycles. The van der Waals surface area contributed by atoms with E-state index in [1.165, 1.54) is 0 Å². The Balaban J connectivity index is 1.76. The third-order valence-electron chi connectivity index (χ3n) is 3.42. The van der Waals surface area contributed by atoms with Crippen molar-refractivity contribution in [2.75, 3.05) is 5.32 Å². The number of hydrogen-bond donors (Lipinski definition) is 1. The van der Waals surface area contributed by atoms with Crippen LogP contribution in [0.3, 0.4) is 0 Å². The first-order valence-corrected chi connectivity index (χ1v) is 7.06. The van der Waals surface area contributed by atoms with Gasteiger partial charge in [-0.15, -0.1) is 0 Å². The summed E-state index contributed by atoms with van der Waals surface area (Å²) in [4.78, 5) is 24.7. The molecule has 110 valence electrons. The number of carbonyl (C=O) groups excluding carboxylic acids is 1. The van der Waals surface area contributed by atoms with Crippen LogP contribution in [0.2, 0.25) is 0 Å². The van der Waals surface area contributed by atoms with Crippen LogP contribution >= 0.6 is 0 Å². The lowest BCUT2D eigenvalue weighted by Gasteiger charge is -2.08. The van der Waals surface area contributed by atoms with E-state index in [9.17, 15) is 4.79 Å². The number of fused-ring (bicyclic) bond motifs is 1. The molecule has 0 radical (unpaired) electrons. The maximum absolute atomic E-state index is 11.4. The van der Waals surface area contributed by atoms with Crippen molar-refractivity contribution in [3.63, 3.8) is 0 Å². The quantitative estimate of drug-likeness (QED) is 0.748. The largest absolute Gasteiger partial charge is 0.363 e. The summed E-state index contributed by atoms with van der Waals surface area (Å²) < 4.78 is 0. The Labute approximate surface area is 128 Å². The number of nitrogens with zero attached hydrogens (tertiary/aromatic N) is 3. The van der Waals surface area contributed by atoms with E-state index >= 15 is 0 Å². The number of nitrogens with one attached hydrogen (secondary N) is 1. The number of aryl methyl sites for hydroxylation is 1. The molecule has 0 saturated carbocycles. The normalized spacial score (nSPS) is 10.6. The van der Waals surface area contributed by atoms with Crippen LogP contribution in [0.15, 0.2) is 42.6 Å². The lowest BCUT2D eigenvalue weighted by molar-refractivity contribution is 0.101. The van der Waals surface area contributed by atoms with Gasteiger partial charge in [-0.1, -0.05) is 12.1 Å². The minimum Gasteiger partial charge on any atom is -0.363 e. The van der Waals surface area contributed by atoms with Gasteiger partial charge in [0.05, 0.1) is 29.5 Å². The molecule has 1 aromatic carbocycles. The molecule has 0 aliphatic rings. The van der Waals surface area contributed by atoms with Crippen LogP contribution in [0.25, 0.3) is 11.0 Å². The van der Waals surface area contributed by atoms with Gasteiger partial charge in [0, 0.05) is 11.3 Å². The Kier molecular flexibility index (Phi) is 3.78. The average Bonchev–Trinajstić information content (AvgIpc) is 2.52. The predicted molar refractivity (Wildman–Crippen MR) is 85.8 cm³/mol. The fourth-order valence-electron chi connectivity index (χ4n) is 2.31. The van der Waals surface area contributed by atoms with Gasteiger partial charge in [0.15, 0.2) is 5.78 Å². The average molecular weight is 292 g/mol. The number of hydrogen-bond acceptors (Lipinski definition) is 5. The van der Waals surface area contributed by atoms with Crippen molar-refractivity contribution < 1.29 is 4.79 Å². The molecular weight excluding hydrogens is 276 g/mol. The van der Waals surface area contributed by atoms with Crippen LogP contribution in [0.5, 0.6) is 0 Å². The zero-order chi connectivity index (χ0) is 15.5. The zero-order valence-electron chi connectivity index (χ0n) is 12.5. The van der Waals surface area contributed by atoms with Crippen molar-refractivity contribution in [1.82, 2.24) is 15.0 Å². The van der Waals surface area contributed by atoms with Crippen LogP contribution in [0, 0.1) is 6.92 Å². The Bertz CT molecular complexity index is 845. The third-order valence-corrected chi connectivity index (χ3v) is 3.42. The Hall–Kier alpha value is -2.82. The molecule has 5 nitrogen and oxygen atoms in total. The number of ketones is 1. The fraction of sp³-hybridized carbons (Fsp3) is 0.176. The van der Waals surface area contributed by atoms with Crippen LogP contribution in [-0.2, 0) is 6.54 Å². The molecule has 22 heavy (non-hydrogen) atoms. The molecule has 0 bridgehead atoms. The Morgan fingerprint density at radius 1 is 1.09 bits per heavy atom. The van der Waals surface area contributed by atoms with Crippen LogP contribution in [-0.4, -0.2) is 20.7 Å². The minimum absolute atomic E-state index is 0.0323. The second-order valence-corrected chi connectivity index (χ2v) is 5.09. The number of carbonyl (C=O) groups is 1. The number of para-hydroxylation sites is 2. The summed E-state index contributed by atoms with van der Waals surface area (Å²) in [6.45, 7) is 3.93. The third kappa shape index (κ3) is 2.93. The van der Waals surface area contributed by atoms with Gasteiger partial charge in [0.2, 0.25) is 0 Å². The zero-order valence-corrected chi connectivity index (χ0v) is 12.5. The van der Waals surface area contributed by atoms with E-state index in [0.29, 0.717) is 17.9 Å². The highest BCUT2D eigenvalue weighted by molar-refractivity contribution is 5.95. The van der Waals surface area contributed by atoms with Gasteiger partial charge in [-0.25, -0.2) is 4.98 Å². The monoisotopic (exact) mass is 292 g/mol. The van der Waals surface area contributed by atoms with Crippen LogP contribution in [0.4, 0.5) is 5.82 Å². The summed E-state index contributed by atoms with van der Waals surface area (Å²) in [6, 6.07) is 11.4. The second-order valence-electron chi connectivity index (χ2n) is 5.09. The SMILES string of the molecule is CC(=O)c1ccc(CNc2cnc3ccccc3n2)nc1C. The van der Waals surface area contributed by atoms with E-state index in [1.807, 2.05) is 43.3 Å². The number of pyridine rings is 1. The molecule has 0 fully saturated rings. The number of benzene rings is 1. The number of aromatic nitrogens is 3. The standard InChI is InChI=1S/C17H16N4O/c1-11-14(12(2)22)8-7-13(20-11)9-19-17-10-18-15-5-3-4-6-16(15)21-17/h3-8,10H,9H2,1-2H3,(H,19,21). The second kappa shape index (κ2) is 5.89. The summed E-state index contributed by atoms with van der Waals surface area (Å²) in [5.41, 5.74) is 3.99. The van der Waals surface area contributed by atoms with Crippen LogP contribution < -0.4 is 5.32 Å². The first-order chi connectivity index (χ1) is 10.6. The lowest BCUT2D eigenvalue weighted by atomic mass is 10.1. The first kappa shape index (κ1) is 14.1. The van der Waals surface area contributed by atoms with Gasteiger partial charge in [0.25, 0.3) is 0 Å². The maximum atomic E-state index is 11.4. The molecule has 3 aromatic rings. The molecule has 0 atom stereocenters. The van der Waals surface area contributed by atoms with Crippen LogP contribution in [0.1, 0.15) is 28.7 Å². The number of rotatable bonds is 4. The van der Waals surface area contributed by atoms with E-state index in [1.54, 1.807) is 13.1 Å². The smallest absolute Gasteiger partial charge is 0.161 e. The molecule has 0 amide bonds. The van der Waals surface area contributed by atoms with Gasteiger partial charge in [-0.3, -0.25) is 14.8 Å². The molecule has 1 N–H and O–H groups in total. The van der Waals surface area contributed by atoms with Gasteiger partial charge in [-0.2, -0.15) is 0 Å². The highest BCUT2D eigenvalue weighted by Gasteiger charge is 2.06. The summed E-state index contributed by atoms with van der Waals surface area (Å²) in [6.07, 6.45) is 1.71. The Morgan fingerprint density at radius 3 is 2.59 bits per heavy atom. The molecule has 3 rings (SSSR count). The molecule has 0 unspecified atom stereocenters. The molecule has 0 saturated heterocycles. The summed E-state index contributed by atoms with van der Waals surface area (Å²) in [7, 11) is 0. The predicted octanol–water partition coefficient (Wildman–Crippen LogP) is 3.15. The van der Waals surface area contributed by atoms with Gasteiger partial charge < -0.3 is 5.32 Å². The lowest BCUT2D eigenvalue weighted by Crippen LogP contribution is -2.07. The molecule has 0 aliphatic carbocycles. The molecule has 2 heterocycles.